The average Bonchev–Trinajstić information content (AvgIpc) is 3.65. The fourth-order valence-electron chi connectivity index (χ4n) is 7.26. The summed E-state index contributed by atoms with van der Waals surface area (Å²) >= 11 is 0. The maximum absolute atomic E-state index is 14.9. The first-order valence-corrected chi connectivity index (χ1v) is 16.4. The third kappa shape index (κ3) is 5.87. The van der Waals surface area contributed by atoms with Gasteiger partial charge in [0.2, 0.25) is 0 Å². The summed E-state index contributed by atoms with van der Waals surface area (Å²) in [5.74, 6) is 0. The van der Waals surface area contributed by atoms with E-state index in [4.69, 9.17) is 0 Å². The largest absolute Gasteiger partial charge is 0.417 e. The molecule has 0 atom stereocenters. The Bertz CT molecular complexity index is 2930. The second-order valence-electron chi connectivity index (χ2n) is 12.9. The SMILES string of the molecule is N#Cc1cc(-n2c3ccccc3c3cc(C(F)(F)F)ccc32)c(-c2ccc(C(F)(F)F)cc2C(F)(F)F)cc1-n1c2ccccc2c2cc(C(F)(F)F)ccc21. The number of hydrogen-bond donors (Lipinski definition) is 0. The van der Waals surface area contributed by atoms with Gasteiger partial charge in [-0.3, -0.25) is 0 Å². The van der Waals surface area contributed by atoms with Crippen LogP contribution in [0.4, 0.5) is 52.7 Å². The second-order valence-corrected chi connectivity index (χ2v) is 12.9. The van der Waals surface area contributed by atoms with Crippen molar-refractivity contribution in [3.63, 3.8) is 0 Å². The Morgan fingerprint density at radius 1 is 0.393 bits per heavy atom. The molecule has 0 amide bonds. The molecule has 0 aliphatic rings. The van der Waals surface area contributed by atoms with Gasteiger partial charge in [-0.05, 0) is 78.4 Å². The molecule has 282 valence electrons. The summed E-state index contributed by atoms with van der Waals surface area (Å²) < 4.78 is 172. The molecule has 2 aromatic heterocycles. The maximum atomic E-state index is 14.9. The molecule has 0 bridgehead atoms. The van der Waals surface area contributed by atoms with E-state index in [2.05, 4.69) is 0 Å². The molecular formula is C41H19F12N3. The zero-order valence-electron chi connectivity index (χ0n) is 27.8. The number of para-hydroxylation sites is 2. The van der Waals surface area contributed by atoms with Gasteiger partial charge in [0.1, 0.15) is 6.07 Å². The first-order chi connectivity index (χ1) is 26.3. The van der Waals surface area contributed by atoms with E-state index in [1.807, 2.05) is 6.07 Å². The van der Waals surface area contributed by atoms with Crippen LogP contribution in [0.3, 0.4) is 0 Å². The Balaban J connectivity index is 1.54. The highest BCUT2D eigenvalue weighted by Gasteiger charge is 2.40. The minimum absolute atomic E-state index is 0.0373. The minimum Gasteiger partial charge on any atom is -0.309 e. The van der Waals surface area contributed by atoms with Crippen molar-refractivity contribution in [3.05, 3.63) is 143 Å². The number of alkyl halides is 12. The summed E-state index contributed by atoms with van der Waals surface area (Å²) in [5.41, 5.74) is -6.45. The van der Waals surface area contributed by atoms with Gasteiger partial charge in [-0.15, -0.1) is 0 Å². The van der Waals surface area contributed by atoms with Crippen molar-refractivity contribution in [2.24, 2.45) is 0 Å². The van der Waals surface area contributed by atoms with Crippen molar-refractivity contribution in [1.29, 1.82) is 5.26 Å². The van der Waals surface area contributed by atoms with E-state index in [-0.39, 0.29) is 72.2 Å². The van der Waals surface area contributed by atoms with Crippen molar-refractivity contribution in [2.75, 3.05) is 0 Å². The van der Waals surface area contributed by atoms with Gasteiger partial charge >= 0.3 is 24.7 Å². The monoisotopic (exact) mass is 781 g/mol. The summed E-state index contributed by atoms with van der Waals surface area (Å²) in [5, 5.41) is 11.3. The predicted octanol–water partition coefficient (Wildman–Crippen LogP) is 13.5. The second kappa shape index (κ2) is 12.3. The van der Waals surface area contributed by atoms with Crippen LogP contribution in [0.1, 0.15) is 27.8 Å². The van der Waals surface area contributed by atoms with Crippen molar-refractivity contribution < 1.29 is 52.7 Å². The lowest BCUT2D eigenvalue weighted by molar-refractivity contribution is -0.143. The van der Waals surface area contributed by atoms with Gasteiger partial charge in [0.15, 0.2) is 0 Å². The molecule has 8 rings (SSSR count). The minimum atomic E-state index is -5.38. The molecule has 0 spiro atoms. The fourth-order valence-corrected chi connectivity index (χ4v) is 7.26. The van der Waals surface area contributed by atoms with E-state index in [1.165, 1.54) is 45.5 Å². The van der Waals surface area contributed by atoms with E-state index in [9.17, 15) is 57.9 Å². The molecule has 0 aliphatic heterocycles. The van der Waals surface area contributed by atoms with E-state index >= 15 is 0 Å². The quantitative estimate of drug-likeness (QED) is 0.164. The highest BCUT2D eigenvalue weighted by Crippen LogP contribution is 2.47. The van der Waals surface area contributed by atoms with E-state index in [0.717, 1.165) is 48.5 Å². The van der Waals surface area contributed by atoms with Crippen LogP contribution in [0.25, 0.3) is 66.1 Å². The number of nitriles is 1. The molecule has 15 heteroatoms. The summed E-state index contributed by atoms with van der Waals surface area (Å²) in [6.07, 6.45) is -20.1. The average molecular weight is 782 g/mol. The van der Waals surface area contributed by atoms with Crippen LogP contribution >= 0.6 is 0 Å². The number of rotatable bonds is 3. The third-order valence-electron chi connectivity index (χ3n) is 9.66. The van der Waals surface area contributed by atoms with Gasteiger partial charge in [0.05, 0.1) is 61.3 Å². The Morgan fingerprint density at radius 2 is 0.821 bits per heavy atom. The number of aromatic nitrogens is 2. The van der Waals surface area contributed by atoms with Crippen LogP contribution in [0.5, 0.6) is 0 Å². The van der Waals surface area contributed by atoms with E-state index in [1.54, 1.807) is 12.1 Å². The smallest absolute Gasteiger partial charge is 0.309 e. The molecule has 56 heavy (non-hydrogen) atoms. The predicted molar refractivity (Wildman–Crippen MR) is 185 cm³/mol. The fraction of sp³-hybridized carbons (Fsp3) is 0.0976. The highest BCUT2D eigenvalue weighted by atomic mass is 19.4. The van der Waals surface area contributed by atoms with E-state index < -0.39 is 52.5 Å². The number of benzene rings is 6. The van der Waals surface area contributed by atoms with Gasteiger partial charge in [-0.1, -0.05) is 42.5 Å². The lowest BCUT2D eigenvalue weighted by Gasteiger charge is -2.22. The van der Waals surface area contributed by atoms with Crippen molar-refractivity contribution in [1.82, 2.24) is 9.13 Å². The van der Waals surface area contributed by atoms with Crippen LogP contribution in [-0.4, -0.2) is 9.13 Å². The molecule has 0 saturated heterocycles. The zero-order valence-corrected chi connectivity index (χ0v) is 27.8. The van der Waals surface area contributed by atoms with Crippen molar-refractivity contribution >= 4 is 43.6 Å². The molecule has 0 N–H and O–H groups in total. The van der Waals surface area contributed by atoms with Crippen LogP contribution in [0.15, 0.2) is 115 Å². The number of hydrogen-bond acceptors (Lipinski definition) is 1. The van der Waals surface area contributed by atoms with Gasteiger partial charge < -0.3 is 9.13 Å². The molecule has 0 unspecified atom stereocenters. The van der Waals surface area contributed by atoms with Crippen molar-refractivity contribution in [3.8, 4) is 28.6 Å². The first-order valence-electron chi connectivity index (χ1n) is 16.4. The molecule has 2 heterocycles. The number of nitrogens with zero attached hydrogens (tertiary/aromatic N) is 3. The summed E-state index contributed by atoms with van der Waals surface area (Å²) in [6.45, 7) is 0. The Hall–Kier alpha value is -6.43. The molecule has 0 radical (unpaired) electrons. The van der Waals surface area contributed by atoms with Gasteiger partial charge in [0, 0.05) is 27.1 Å². The van der Waals surface area contributed by atoms with E-state index in [0.29, 0.717) is 12.1 Å². The molecular weight excluding hydrogens is 762 g/mol. The summed E-state index contributed by atoms with van der Waals surface area (Å²) in [4.78, 5) is 0. The van der Waals surface area contributed by atoms with Gasteiger partial charge in [-0.25, -0.2) is 0 Å². The molecule has 6 aromatic carbocycles. The molecule has 3 nitrogen and oxygen atoms in total. The third-order valence-corrected chi connectivity index (χ3v) is 9.66. The summed E-state index contributed by atoms with van der Waals surface area (Å²) in [6, 6.07) is 23.0. The molecule has 8 aromatic rings. The lowest BCUT2D eigenvalue weighted by Crippen LogP contribution is -2.13. The molecule has 0 aliphatic carbocycles. The first kappa shape index (κ1) is 36.5. The maximum Gasteiger partial charge on any atom is 0.417 e. The Morgan fingerprint density at radius 3 is 1.29 bits per heavy atom. The van der Waals surface area contributed by atoms with Crippen LogP contribution in [0, 0.1) is 11.3 Å². The topological polar surface area (TPSA) is 33.6 Å². The highest BCUT2D eigenvalue weighted by molar-refractivity contribution is 6.11. The zero-order chi connectivity index (χ0) is 40.1. The Labute approximate surface area is 306 Å². The van der Waals surface area contributed by atoms with Crippen LogP contribution in [-0.2, 0) is 24.7 Å². The van der Waals surface area contributed by atoms with Gasteiger partial charge in [-0.2, -0.15) is 57.9 Å². The molecule has 0 saturated carbocycles. The standard InChI is InChI=1S/C41H19F12N3/c42-38(43,44)22-10-13-34-28(16-22)26-5-1-3-7-32(26)55(34)36-19-30(25-12-9-24(40(48,49)50)18-31(25)41(51,52)53)37(15-21(36)20-54)56-33-8-4-2-6-27(33)29-17-23(39(45,46)47)11-14-35(29)56/h1-19H. The summed E-state index contributed by atoms with van der Waals surface area (Å²) in [7, 11) is 0. The number of fused-ring (bicyclic) bond motifs is 6. The Kier molecular flexibility index (Phi) is 8.02. The van der Waals surface area contributed by atoms with Crippen molar-refractivity contribution in [2.45, 2.75) is 24.7 Å². The normalized spacial score (nSPS) is 13.0. The number of halogens is 12. The van der Waals surface area contributed by atoms with Crippen LogP contribution < -0.4 is 0 Å². The lowest BCUT2D eigenvalue weighted by atomic mass is 9.93. The van der Waals surface area contributed by atoms with Gasteiger partial charge in [0.25, 0.3) is 0 Å². The molecule has 0 fully saturated rings. The van der Waals surface area contributed by atoms with Crippen LogP contribution in [0.2, 0.25) is 0 Å².